The molecule has 0 bridgehead atoms. The van der Waals surface area contributed by atoms with E-state index in [9.17, 15) is 9.59 Å². The van der Waals surface area contributed by atoms with Gasteiger partial charge in [-0.1, -0.05) is 19.8 Å². The number of amides is 1. The first-order valence-electron chi connectivity index (χ1n) is 6.51. The molecule has 0 aliphatic rings. The Balaban J connectivity index is 2.73. The van der Waals surface area contributed by atoms with Gasteiger partial charge in [0.05, 0.1) is 18.7 Å². The van der Waals surface area contributed by atoms with Crippen molar-refractivity contribution in [3.8, 4) is 6.07 Å². The molecule has 106 valence electrons. The fourth-order valence-corrected chi connectivity index (χ4v) is 1.74. The number of unbranched alkanes of at least 4 members (excludes halogenated alkanes) is 1. The highest BCUT2D eigenvalue weighted by Gasteiger charge is 2.21. The van der Waals surface area contributed by atoms with E-state index in [0.717, 1.165) is 12.8 Å². The van der Waals surface area contributed by atoms with Crippen molar-refractivity contribution in [3.63, 3.8) is 0 Å². The summed E-state index contributed by atoms with van der Waals surface area (Å²) in [6, 6.07) is 7.59. The first kappa shape index (κ1) is 15.7. The van der Waals surface area contributed by atoms with E-state index in [1.54, 1.807) is 24.3 Å². The van der Waals surface area contributed by atoms with Gasteiger partial charge >= 0.3 is 5.97 Å². The lowest BCUT2D eigenvalue weighted by Crippen LogP contribution is -2.41. The molecule has 5 nitrogen and oxygen atoms in total. The van der Waals surface area contributed by atoms with E-state index in [2.05, 4.69) is 10.1 Å². The van der Waals surface area contributed by atoms with Gasteiger partial charge in [0.25, 0.3) is 5.91 Å². The van der Waals surface area contributed by atoms with Crippen LogP contribution in [-0.4, -0.2) is 25.0 Å². The van der Waals surface area contributed by atoms with Crippen LogP contribution in [0, 0.1) is 11.3 Å². The summed E-state index contributed by atoms with van der Waals surface area (Å²) < 4.78 is 4.69. The second-order valence-corrected chi connectivity index (χ2v) is 4.38. The fourth-order valence-electron chi connectivity index (χ4n) is 1.74. The van der Waals surface area contributed by atoms with Crippen LogP contribution >= 0.6 is 0 Å². The lowest BCUT2D eigenvalue weighted by molar-refractivity contribution is -0.143. The van der Waals surface area contributed by atoms with Crippen LogP contribution in [0.5, 0.6) is 0 Å². The number of benzene rings is 1. The molecule has 1 aromatic carbocycles. The van der Waals surface area contributed by atoms with Gasteiger partial charge in [0.1, 0.15) is 6.04 Å². The molecular formula is C15H18N2O3. The molecule has 0 aliphatic carbocycles. The van der Waals surface area contributed by atoms with Crippen molar-refractivity contribution in [1.29, 1.82) is 5.26 Å². The number of nitrogens with one attached hydrogen (secondary N) is 1. The first-order valence-corrected chi connectivity index (χ1v) is 6.51. The van der Waals surface area contributed by atoms with Gasteiger partial charge in [0.2, 0.25) is 0 Å². The molecule has 0 radical (unpaired) electrons. The van der Waals surface area contributed by atoms with Crippen LogP contribution in [0.15, 0.2) is 24.3 Å². The zero-order chi connectivity index (χ0) is 15.0. The average molecular weight is 274 g/mol. The number of carbonyl (C=O) groups excluding carboxylic acids is 2. The highest BCUT2D eigenvalue weighted by Crippen LogP contribution is 2.07. The van der Waals surface area contributed by atoms with Gasteiger partial charge in [0, 0.05) is 5.56 Å². The van der Waals surface area contributed by atoms with E-state index in [1.807, 2.05) is 13.0 Å². The lowest BCUT2D eigenvalue weighted by atomic mass is 10.1. The number of esters is 1. The quantitative estimate of drug-likeness (QED) is 0.805. The predicted molar refractivity (Wildman–Crippen MR) is 74.0 cm³/mol. The molecule has 0 spiro atoms. The third-order valence-electron chi connectivity index (χ3n) is 2.91. The second kappa shape index (κ2) is 7.95. The summed E-state index contributed by atoms with van der Waals surface area (Å²) in [7, 11) is 1.30. The van der Waals surface area contributed by atoms with Crippen molar-refractivity contribution < 1.29 is 14.3 Å². The Morgan fingerprint density at radius 3 is 2.50 bits per heavy atom. The van der Waals surface area contributed by atoms with Gasteiger partial charge in [-0.15, -0.1) is 0 Å². The van der Waals surface area contributed by atoms with Crippen LogP contribution in [0.1, 0.15) is 42.1 Å². The zero-order valence-electron chi connectivity index (χ0n) is 11.7. The topological polar surface area (TPSA) is 79.2 Å². The predicted octanol–water partition coefficient (Wildman–Crippen LogP) is 2.02. The molecule has 0 aromatic heterocycles. The normalized spacial score (nSPS) is 11.2. The summed E-state index contributed by atoms with van der Waals surface area (Å²) in [5.41, 5.74) is 0.895. The maximum atomic E-state index is 12.0. The summed E-state index contributed by atoms with van der Waals surface area (Å²) >= 11 is 0. The first-order chi connectivity index (χ1) is 9.62. The Bertz CT molecular complexity index is 503. The maximum absolute atomic E-state index is 12.0. The van der Waals surface area contributed by atoms with Gasteiger partial charge < -0.3 is 10.1 Å². The lowest BCUT2D eigenvalue weighted by Gasteiger charge is -2.16. The standard InChI is InChI=1S/C15H18N2O3/c1-3-4-5-13(15(19)20-2)17-14(18)12-8-6-11(10-16)7-9-12/h6-9,13H,3-5H2,1-2H3,(H,17,18)/t13-/m0/s1. The minimum atomic E-state index is -0.636. The van der Waals surface area contributed by atoms with Crippen LogP contribution in [0.2, 0.25) is 0 Å². The van der Waals surface area contributed by atoms with E-state index >= 15 is 0 Å². The third-order valence-corrected chi connectivity index (χ3v) is 2.91. The molecule has 0 fully saturated rings. The monoisotopic (exact) mass is 274 g/mol. The molecule has 0 saturated carbocycles. The van der Waals surface area contributed by atoms with E-state index in [-0.39, 0.29) is 5.91 Å². The highest BCUT2D eigenvalue weighted by molar-refractivity contribution is 5.96. The number of ether oxygens (including phenoxy) is 1. The molecule has 1 amide bonds. The van der Waals surface area contributed by atoms with Gasteiger partial charge in [0.15, 0.2) is 0 Å². The molecule has 1 N–H and O–H groups in total. The number of hydrogen-bond acceptors (Lipinski definition) is 4. The van der Waals surface area contributed by atoms with E-state index in [1.165, 1.54) is 7.11 Å². The van der Waals surface area contributed by atoms with Crippen LogP contribution in [0.4, 0.5) is 0 Å². The van der Waals surface area contributed by atoms with Crippen LogP contribution < -0.4 is 5.32 Å². The minimum Gasteiger partial charge on any atom is -0.467 e. The molecule has 5 heteroatoms. The molecule has 0 unspecified atom stereocenters. The van der Waals surface area contributed by atoms with Crippen LogP contribution in [-0.2, 0) is 9.53 Å². The van der Waals surface area contributed by atoms with Crippen molar-refractivity contribution in [2.75, 3.05) is 7.11 Å². The van der Waals surface area contributed by atoms with Gasteiger partial charge in [-0.25, -0.2) is 4.79 Å². The SMILES string of the molecule is CCCC[C@H](NC(=O)c1ccc(C#N)cc1)C(=O)OC. The summed E-state index contributed by atoms with van der Waals surface area (Å²) in [6.07, 6.45) is 2.30. The number of methoxy groups -OCH3 is 1. The van der Waals surface area contributed by atoms with Crippen LogP contribution in [0.25, 0.3) is 0 Å². The third kappa shape index (κ3) is 4.39. The number of nitriles is 1. The average Bonchev–Trinajstić information content (AvgIpc) is 2.50. The maximum Gasteiger partial charge on any atom is 0.328 e. The van der Waals surface area contributed by atoms with E-state index in [4.69, 9.17) is 5.26 Å². The van der Waals surface area contributed by atoms with E-state index < -0.39 is 12.0 Å². The summed E-state index contributed by atoms with van der Waals surface area (Å²) in [5.74, 6) is -0.790. The molecule has 1 rings (SSSR count). The molecular weight excluding hydrogens is 256 g/mol. The molecule has 0 saturated heterocycles. The van der Waals surface area contributed by atoms with Crippen molar-refractivity contribution in [2.45, 2.75) is 32.2 Å². The Morgan fingerprint density at radius 1 is 1.35 bits per heavy atom. The molecule has 1 atom stereocenters. The summed E-state index contributed by atoms with van der Waals surface area (Å²) in [6.45, 7) is 2.01. The second-order valence-electron chi connectivity index (χ2n) is 4.38. The Morgan fingerprint density at radius 2 is 2.00 bits per heavy atom. The van der Waals surface area contributed by atoms with Gasteiger partial charge in [-0.3, -0.25) is 4.79 Å². The van der Waals surface area contributed by atoms with Crippen molar-refractivity contribution >= 4 is 11.9 Å². The van der Waals surface area contributed by atoms with Crippen molar-refractivity contribution in [1.82, 2.24) is 5.32 Å². The van der Waals surface area contributed by atoms with Crippen molar-refractivity contribution in [3.05, 3.63) is 35.4 Å². The van der Waals surface area contributed by atoms with Crippen molar-refractivity contribution in [2.24, 2.45) is 0 Å². The smallest absolute Gasteiger partial charge is 0.328 e. The van der Waals surface area contributed by atoms with Gasteiger partial charge in [-0.2, -0.15) is 5.26 Å². The largest absolute Gasteiger partial charge is 0.467 e. The molecule has 1 aromatic rings. The fraction of sp³-hybridized carbons (Fsp3) is 0.400. The molecule has 0 aliphatic heterocycles. The molecule has 20 heavy (non-hydrogen) atoms. The highest BCUT2D eigenvalue weighted by atomic mass is 16.5. The summed E-state index contributed by atoms with van der Waals surface area (Å²) in [4.78, 5) is 23.6. The number of rotatable bonds is 6. The van der Waals surface area contributed by atoms with Crippen LogP contribution in [0.3, 0.4) is 0 Å². The number of nitrogens with zero attached hydrogens (tertiary/aromatic N) is 1. The molecule has 0 heterocycles. The van der Waals surface area contributed by atoms with E-state index in [0.29, 0.717) is 17.5 Å². The summed E-state index contributed by atoms with van der Waals surface area (Å²) in [5, 5.41) is 11.4. The minimum absolute atomic E-state index is 0.346. The number of hydrogen-bond donors (Lipinski definition) is 1. The Labute approximate surface area is 118 Å². The number of carbonyl (C=O) groups is 2. The Kier molecular flexibility index (Phi) is 6.24. The van der Waals surface area contributed by atoms with Gasteiger partial charge in [-0.05, 0) is 30.7 Å². The Hall–Kier alpha value is -2.35. The zero-order valence-corrected chi connectivity index (χ0v) is 11.7.